The molecule has 1 amide bonds. The Bertz CT molecular complexity index is 1040. The molecule has 2 aromatic rings. The third-order valence-corrected chi connectivity index (χ3v) is 8.70. The van der Waals surface area contributed by atoms with E-state index in [1.807, 2.05) is 30.3 Å². The predicted octanol–water partition coefficient (Wildman–Crippen LogP) is 0.660. The van der Waals surface area contributed by atoms with Crippen LogP contribution >= 0.6 is 0 Å². The number of ether oxygens (including phenoxy) is 1. The highest BCUT2D eigenvalue weighted by Gasteiger charge is 2.65. The highest BCUT2D eigenvalue weighted by atomic mass is 32.2. The summed E-state index contributed by atoms with van der Waals surface area (Å²) in [4.78, 5) is 18.7. The van der Waals surface area contributed by atoms with Crippen LogP contribution in [-0.2, 0) is 28.2 Å². The number of hydrogen-bond donors (Lipinski definition) is 0. The molecule has 29 heavy (non-hydrogen) atoms. The van der Waals surface area contributed by atoms with Gasteiger partial charge in [0.2, 0.25) is 10.0 Å². The molecule has 0 aliphatic carbocycles. The van der Waals surface area contributed by atoms with Gasteiger partial charge in [-0.25, -0.2) is 13.4 Å². The third-order valence-electron chi connectivity index (χ3n) is 6.33. The van der Waals surface area contributed by atoms with Crippen LogP contribution in [0.15, 0.2) is 42.9 Å². The lowest BCUT2D eigenvalue weighted by molar-refractivity contribution is -0.0977. The summed E-state index contributed by atoms with van der Waals surface area (Å²) >= 11 is 0. The van der Waals surface area contributed by atoms with Gasteiger partial charge in [-0.3, -0.25) is 4.79 Å². The van der Waals surface area contributed by atoms with Crippen LogP contribution in [0.5, 0.6) is 0 Å². The molecule has 154 valence electrons. The lowest BCUT2D eigenvalue weighted by atomic mass is 9.99. The van der Waals surface area contributed by atoms with Gasteiger partial charge in [-0.05, 0) is 18.4 Å². The van der Waals surface area contributed by atoms with E-state index in [9.17, 15) is 13.2 Å². The number of aryl methyl sites for hydroxylation is 1. The molecular formula is C20H24N4O4S. The largest absolute Gasteiger partial charge is 0.365 e. The van der Waals surface area contributed by atoms with E-state index in [4.69, 9.17) is 4.74 Å². The van der Waals surface area contributed by atoms with Gasteiger partial charge in [0.1, 0.15) is 16.5 Å². The second-order valence-electron chi connectivity index (χ2n) is 8.22. The van der Waals surface area contributed by atoms with Crippen LogP contribution in [0.4, 0.5) is 0 Å². The van der Waals surface area contributed by atoms with Gasteiger partial charge in [-0.1, -0.05) is 30.3 Å². The van der Waals surface area contributed by atoms with Crippen LogP contribution in [0.3, 0.4) is 0 Å². The molecule has 3 aliphatic heterocycles. The second kappa shape index (κ2) is 6.65. The first-order valence-electron chi connectivity index (χ1n) is 9.85. The minimum Gasteiger partial charge on any atom is -0.365 e. The smallest absolute Gasteiger partial charge is 0.272 e. The van der Waals surface area contributed by atoms with E-state index in [-0.39, 0.29) is 12.0 Å². The number of imidazole rings is 1. The fourth-order valence-corrected chi connectivity index (χ4v) is 7.24. The molecule has 1 aromatic heterocycles. The number of fused-ring (bicyclic) bond motifs is 1. The summed E-state index contributed by atoms with van der Waals surface area (Å²) in [6.45, 7) is 1.44. The standard InChI is InChI=1S/C20H24N4O4S/c1-22-14-21-10-17(22)19(25)23-11-16-9-18-20(12-23,28-16)13-24(29(18,26)27)8-7-15-5-3-2-4-6-15/h2-6,10,14,16,18H,7-9,11-13H2,1H3/t16-,18+,20+/m1/s1. The number of likely N-dealkylation sites (tertiary alicyclic amines) is 1. The van der Waals surface area contributed by atoms with Crippen LogP contribution in [-0.4, -0.2) is 76.2 Å². The first-order valence-corrected chi connectivity index (χ1v) is 11.4. The molecule has 1 spiro atoms. The maximum absolute atomic E-state index is 13.2. The van der Waals surface area contributed by atoms with Crippen molar-refractivity contribution in [1.29, 1.82) is 0 Å². The second-order valence-corrected chi connectivity index (χ2v) is 10.3. The lowest BCUT2D eigenvalue weighted by Gasteiger charge is -2.39. The quantitative estimate of drug-likeness (QED) is 0.731. The molecule has 0 unspecified atom stereocenters. The van der Waals surface area contributed by atoms with Crippen LogP contribution in [0.1, 0.15) is 22.5 Å². The number of amides is 1. The van der Waals surface area contributed by atoms with Crippen molar-refractivity contribution in [2.75, 3.05) is 26.2 Å². The Labute approximate surface area is 170 Å². The van der Waals surface area contributed by atoms with E-state index in [0.717, 1.165) is 5.56 Å². The van der Waals surface area contributed by atoms with Crippen molar-refractivity contribution in [3.63, 3.8) is 0 Å². The number of carbonyl (C=O) groups excluding carboxylic acids is 1. The number of hydrogen-bond acceptors (Lipinski definition) is 5. The number of rotatable bonds is 4. The van der Waals surface area contributed by atoms with E-state index >= 15 is 0 Å². The lowest BCUT2D eigenvalue weighted by Crippen LogP contribution is -2.56. The number of aromatic nitrogens is 2. The Morgan fingerprint density at radius 2 is 2.07 bits per heavy atom. The zero-order chi connectivity index (χ0) is 20.2. The maximum atomic E-state index is 13.2. The molecule has 0 saturated carbocycles. The summed E-state index contributed by atoms with van der Waals surface area (Å²) in [6.07, 6.45) is 4.00. The van der Waals surface area contributed by atoms with Crippen molar-refractivity contribution in [3.8, 4) is 0 Å². The minimum atomic E-state index is -3.46. The third kappa shape index (κ3) is 2.99. The number of sulfonamides is 1. The highest BCUT2D eigenvalue weighted by Crippen LogP contribution is 2.46. The molecule has 3 atom stereocenters. The van der Waals surface area contributed by atoms with E-state index in [2.05, 4.69) is 4.98 Å². The van der Waals surface area contributed by atoms with Crippen molar-refractivity contribution >= 4 is 15.9 Å². The minimum absolute atomic E-state index is 0.126. The zero-order valence-corrected chi connectivity index (χ0v) is 17.1. The van der Waals surface area contributed by atoms with Gasteiger partial charge in [-0.2, -0.15) is 4.31 Å². The van der Waals surface area contributed by atoms with Gasteiger partial charge in [0.05, 0.1) is 25.2 Å². The van der Waals surface area contributed by atoms with Crippen molar-refractivity contribution in [2.45, 2.75) is 29.8 Å². The fraction of sp³-hybridized carbons (Fsp3) is 0.500. The molecule has 8 nitrogen and oxygen atoms in total. The first-order chi connectivity index (χ1) is 13.9. The normalized spacial score (nSPS) is 30.4. The first kappa shape index (κ1) is 18.8. The topological polar surface area (TPSA) is 84.7 Å². The van der Waals surface area contributed by atoms with Gasteiger partial charge in [0.25, 0.3) is 5.91 Å². The summed E-state index contributed by atoms with van der Waals surface area (Å²) in [5.41, 5.74) is 0.765. The van der Waals surface area contributed by atoms with Crippen molar-refractivity contribution in [3.05, 3.63) is 54.1 Å². The molecular weight excluding hydrogens is 392 g/mol. The van der Waals surface area contributed by atoms with E-state index in [1.54, 1.807) is 33.3 Å². The number of nitrogens with zero attached hydrogens (tertiary/aromatic N) is 4. The average molecular weight is 417 g/mol. The van der Waals surface area contributed by atoms with Crippen molar-refractivity contribution < 1.29 is 17.9 Å². The molecule has 0 N–H and O–H groups in total. The van der Waals surface area contributed by atoms with Gasteiger partial charge < -0.3 is 14.2 Å². The van der Waals surface area contributed by atoms with Gasteiger partial charge in [-0.15, -0.1) is 0 Å². The Hall–Kier alpha value is -2.23. The Morgan fingerprint density at radius 3 is 2.79 bits per heavy atom. The molecule has 5 rings (SSSR count). The molecule has 4 heterocycles. The Kier molecular flexibility index (Phi) is 4.30. The summed E-state index contributed by atoms with van der Waals surface area (Å²) in [7, 11) is -1.68. The molecule has 9 heteroatoms. The number of benzene rings is 1. The summed E-state index contributed by atoms with van der Waals surface area (Å²) in [5, 5.41) is -0.583. The van der Waals surface area contributed by atoms with Crippen molar-refractivity contribution in [2.24, 2.45) is 7.05 Å². The van der Waals surface area contributed by atoms with Crippen LogP contribution < -0.4 is 0 Å². The van der Waals surface area contributed by atoms with E-state index in [1.165, 1.54) is 0 Å². The molecule has 3 fully saturated rings. The zero-order valence-electron chi connectivity index (χ0n) is 16.3. The maximum Gasteiger partial charge on any atom is 0.272 e. The summed E-state index contributed by atoms with van der Waals surface area (Å²) in [5.74, 6) is -0.126. The molecule has 3 saturated heterocycles. The SMILES string of the molecule is Cn1cncc1C(=O)N1C[C@H]2C[C@H]3[C@](C1)(CN(CCc1ccccc1)S3(=O)=O)O2. The van der Waals surface area contributed by atoms with E-state index < -0.39 is 20.9 Å². The van der Waals surface area contributed by atoms with Crippen LogP contribution in [0.2, 0.25) is 0 Å². The highest BCUT2D eigenvalue weighted by molar-refractivity contribution is 7.90. The van der Waals surface area contributed by atoms with Crippen molar-refractivity contribution in [1.82, 2.24) is 18.8 Å². The van der Waals surface area contributed by atoms with Gasteiger partial charge in [0, 0.05) is 26.7 Å². The van der Waals surface area contributed by atoms with Crippen LogP contribution in [0.25, 0.3) is 0 Å². The Balaban J connectivity index is 1.36. The monoisotopic (exact) mass is 416 g/mol. The average Bonchev–Trinajstić information content (AvgIpc) is 3.30. The summed E-state index contributed by atoms with van der Waals surface area (Å²) < 4.78 is 35.9. The van der Waals surface area contributed by atoms with Gasteiger partial charge >= 0.3 is 0 Å². The number of morpholine rings is 1. The summed E-state index contributed by atoms with van der Waals surface area (Å²) in [6, 6.07) is 9.87. The van der Waals surface area contributed by atoms with Gasteiger partial charge in [0.15, 0.2) is 0 Å². The molecule has 0 radical (unpaired) electrons. The molecule has 2 bridgehead atoms. The molecule has 1 aromatic carbocycles. The number of carbonyl (C=O) groups is 1. The Morgan fingerprint density at radius 1 is 1.28 bits per heavy atom. The predicted molar refractivity (Wildman–Crippen MR) is 106 cm³/mol. The van der Waals surface area contributed by atoms with E-state index in [0.29, 0.717) is 44.7 Å². The van der Waals surface area contributed by atoms with Crippen LogP contribution in [0, 0.1) is 0 Å². The fourth-order valence-electron chi connectivity index (χ4n) is 4.93. The molecule has 3 aliphatic rings.